The highest BCUT2D eigenvalue weighted by Gasteiger charge is 2.26. The number of carbonyl (C=O) groups is 1. The Morgan fingerprint density at radius 1 is 1.24 bits per heavy atom. The van der Waals surface area contributed by atoms with Crippen LogP contribution in [0.5, 0.6) is 5.75 Å². The molecule has 0 bridgehead atoms. The number of fused-ring (bicyclic) bond motifs is 2. The summed E-state index contributed by atoms with van der Waals surface area (Å²) in [5.41, 5.74) is 3.37. The number of halogens is 1. The smallest absolute Gasteiger partial charge is 0.260 e. The highest BCUT2D eigenvalue weighted by molar-refractivity contribution is 7.20. The van der Waals surface area contributed by atoms with Gasteiger partial charge in [-0.15, -0.1) is 0 Å². The van der Waals surface area contributed by atoms with Gasteiger partial charge in [-0.25, -0.2) is 4.98 Å². The number of para-hydroxylation sites is 1. The summed E-state index contributed by atoms with van der Waals surface area (Å²) in [7, 11) is 1.53. The maximum atomic E-state index is 13.1. The van der Waals surface area contributed by atoms with Crippen LogP contribution >= 0.6 is 22.9 Å². The van der Waals surface area contributed by atoms with E-state index in [-0.39, 0.29) is 5.91 Å². The second-order valence-corrected chi connectivity index (χ2v) is 8.25. The van der Waals surface area contributed by atoms with E-state index in [0.717, 1.165) is 45.9 Å². The van der Waals surface area contributed by atoms with E-state index in [0.29, 0.717) is 22.2 Å². The lowest BCUT2D eigenvalue weighted by molar-refractivity contribution is 0.102. The predicted molar refractivity (Wildman–Crippen MR) is 115 cm³/mol. The van der Waals surface area contributed by atoms with E-state index in [1.165, 1.54) is 7.11 Å². The second-order valence-electron chi connectivity index (χ2n) is 6.80. The molecule has 1 amide bonds. The molecule has 0 atom stereocenters. The Morgan fingerprint density at radius 2 is 2.10 bits per heavy atom. The van der Waals surface area contributed by atoms with Crippen LogP contribution in [0.15, 0.2) is 42.5 Å². The number of rotatable bonds is 4. The van der Waals surface area contributed by atoms with E-state index in [2.05, 4.69) is 5.32 Å². The third-order valence-corrected chi connectivity index (χ3v) is 6.26. The number of aryl methyl sites for hydroxylation is 1. The zero-order valence-corrected chi connectivity index (χ0v) is 17.2. The number of benzene rings is 2. The van der Waals surface area contributed by atoms with Crippen LogP contribution in [-0.4, -0.2) is 27.8 Å². The van der Waals surface area contributed by atoms with Crippen LogP contribution in [0, 0.1) is 0 Å². The summed E-state index contributed by atoms with van der Waals surface area (Å²) in [5, 5.41) is 9.00. The van der Waals surface area contributed by atoms with Gasteiger partial charge in [0.15, 0.2) is 0 Å². The Balaban J connectivity index is 1.58. The molecule has 4 aromatic rings. The van der Waals surface area contributed by atoms with Crippen molar-refractivity contribution in [2.24, 2.45) is 0 Å². The molecule has 0 radical (unpaired) electrons. The minimum atomic E-state index is -0.290. The minimum absolute atomic E-state index is 0.290. The summed E-state index contributed by atoms with van der Waals surface area (Å²) in [5.74, 6) is 0.847. The zero-order valence-electron chi connectivity index (χ0n) is 15.6. The van der Waals surface area contributed by atoms with Gasteiger partial charge in [-0.3, -0.25) is 4.79 Å². The number of hydrogen-bond donors (Lipinski definition) is 1. The SMILES string of the molecule is COc1ccc(Cl)cc1C(=O)Nc1c2c(nn1-c1nc3ccccc3s1)CCC2. The van der Waals surface area contributed by atoms with E-state index in [1.807, 2.05) is 24.3 Å². The Hall–Kier alpha value is -2.90. The molecule has 0 saturated carbocycles. The molecule has 0 fully saturated rings. The van der Waals surface area contributed by atoms with E-state index >= 15 is 0 Å². The number of methoxy groups -OCH3 is 1. The summed E-state index contributed by atoms with van der Waals surface area (Å²) in [6.45, 7) is 0. The fourth-order valence-electron chi connectivity index (χ4n) is 3.64. The van der Waals surface area contributed by atoms with Crippen molar-refractivity contribution >= 4 is 44.9 Å². The van der Waals surface area contributed by atoms with Crippen molar-refractivity contribution in [1.29, 1.82) is 0 Å². The van der Waals surface area contributed by atoms with Crippen LogP contribution in [0.3, 0.4) is 0 Å². The first-order chi connectivity index (χ1) is 14.1. The molecule has 1 aliphatic carbocycles. The van der Waals surface area contributed by atoms with Gasteiger partial charge >= 0.3 is 0 Å². The van der Waals surface area contributed by atoms with Crippen LogP contribution < -0.4 is 10.1 Å². The topological polar surface area (TPSA) is 69.0 Å². The lowest BCUT2D eigenvalue weighted by atomic mass is 10.1. The average molecular weight is 425 g/mol. The fourth-order valence-corrected chi connectivity index (χ4v) is 4.74. The minimum Gasteiger partial charge on any atom is -0.496 e. The number of ether oxygens (including phenoxy) is 1. The molecule has 2 aromatic heterocycles. The highest BCUT2D eigenvalue weighted by atomic mass is 35.5. The van der Waals surface area contributed by atoms with Gasteiger partial charge in [-0.1, -0.05) is 35.1 Å². The van der Waals surface area contributed by atoms with Gasteiger partial charge in [-0.05, 0) is 49.6 Å². The van der Waals surface area contributed by atoms with Gasteiger partial charge in [0, 0.05) is 10.6 Å². The monoisotopic (exact) mass is 424 g/mol. The molecular weight excluding hydrogens is 408 g/mol. The zero-order chi connectivity index (χ0) is 20.0. The molecule has 0 unspecified atom stereocenters. The van der Waals surface area contributed by atoms with Crippen LogP contribution in [0.4, 0.5) is 5.82 Å². The Kier molecular flexibility index (Phi) is 4.49. The molecule has 5 rings (SSSR count). The number of anilines is 1. The third kappa shape index (κ3) is 3.16. The van der Waals surface area contributed by atoms with E-state index in [4.69, 9.17) is 26.4 Å². The lowest BCUT2D eigenvalue weighted by Crippen LogP contribution is -2.17. The maximum Gasteiger partial charge on any atom is 0.260 e. The van der Waals surface area contributed by atoms with Crippen LogP contribution in [0.2, 0.25) is 5.02 Å². The van der Waals surface area contributed by atoms with Gasteiger partial charge in [0.2, 0.25) is 5.13 Å². The van der Waals surface area contributed by atoms with Crippen molar-refractivity contribution in [1.82, 2.24) is 14.8 Å². The van der Waals surface area contributed by atoms with Crippen molar-refractivity contribution in [3.8, 4) is 10.9 Å². The number of carbonyl (C=O) groups excluding carboxylic acids is 1. The number of nitrogens with one attached hydrogen (secondary N) is 1. The molecule has 2 aromatic carbocycles. The van der Waals surface area contributed by atoms with Crippen LogP contribution in [0.1, 0.15) is 28.0 Å². The van der Waals surface area contributed by atoms with E-state index in [9.17, 15) is 4.79 Å². The Bertz CT molecular complexity index is 1210. The molecule has 6 nitrogen and oxygen atoms in total. The van der Waals surface area contributed by atoms with Gasteiger partial charge < -0.3 is 10.1 Å². The summed E-state index contributed by atoms with van der Waals surface area (Å²) in [6.07, 6.45) is 2.81. The summed E-state index contributed by atoms with van der Waals surface area (Å²) < 4.78 is 8.17. The molecule has 0 aliphatic heterocycles. The van der Waals surface area contributed by atoms with Crippen molar-refractivity contribution in [3.05, 3.63) is 64.3 Å². The second kappa shape index (κ2) is 7.17. The molecule has 29 heavy (non-hydrogen) atoms. The van der Waals surface area contributed by atoms with Crippen molar-refractivity contribution in [3.63, 3.8) is 0 Å². The molecule has 1 N–H and O–H groups in total. The van der Waals surface area contributed by atoms with Crippen molar-refractivity contribution < 1.29 is 9.53 Å². The van der Waals surface area contributed by atoms with Gasteiger partial charge in [0.05, 0.1) is 28.6 Å². The molecule has 0 spiro atoms. The fraction of sp³-hybridized carbons (Fsp3) is 0.190. The largest absolute Gasteiger partial charge is 0.496 e. The summed E-state index contributed by atoms with van der Waals surface area (Å²) >= 11 is 7.65. The first-order valence-corrected chi connectivity index (χ1v) is 10.4. The van der Waals surface area contributed by atoms with Gasteiger partial charge in [-0.2, -0.15) is 9.78 Å². The first-order valence-electron chi connectivity index (χ1n) is 9.25. The van der Waals surface area contributed by atoms with Crippen LogP contribution in [-0.2, 0) is 12.8 Å². The molecule has 0 saturated heterocycles. The van der Waals surface area contributed by atoms with Crippen molar-refractivity contribution in [2.75, 3.05) is 12.4 Å². The van der Waals surface area contributed by atoms with Crippen LogP contribution in [0.25, 0.3) is 15.3 Å². The molecule has 1 aliphatic rings. The number of thiazole rings is 1. The van der Waals surface area contributed by atoms with E-state index < -0.39 is 0 Å². The average Bonchev–Trinajstić information content (AvgIpc) is 3.42. The predicted octanol–water partition coefficient (Wildman–Crippen LogP) is 4.89. The molecular formula is C21H17ClN4O2S. The lowest BCUT2D eigenvalue weighted by Gasteiger charge is -2.11. The third-order valence-electron chi connectivity index (χ3n) is 5.01. The Morgan fingerprint density at radius 3 is 2.93 bits per heavy atom. The summed E-state index contributed by atoms with van der Waals surface area (Å²) in [6, 6.07) is 12.9. The quantitative estimate of drug-likeness (QED) is 0.506. The molecule has 146 valence electrons. The number of amides is 1. The standard InChI is InChI=1S/C21H17ClN4O2S/c1-28-17-10-9-12(22)11-14(17)20(27)24-19-13-5-4-7-15(13)25-26(19)21-23-16-6-2-3-8-18(16)29-21/h2-3,6,8-11H,4-5,7H2,1H3,(H,24,27). The molecule has 2 heterocycles. The van der Waals surface area contributed by atoms with Crippen molar-refractivity contribution in [2.45, 2.75) is 19.3 Å². The number of aromatic nitrogens is 3. The first kappa shape index (κ1) is 18.1. The van der Waals surface area contributed by atoms with Gasteiger partial charge in [0.25, 0.3) is 5.91 Å². The highest BCUT2D eigenvalue weighted by Crippen LogP contribution is 2.34. The normalized spacial score (nSPS) is 12.9. The van der Waals surface area contributed by atoms with E-state index in [1.54, 1.807) is 34.2 Å². The summed E-state index contributed by atoms with van der Waals surface area (Å²) in [4.78, 5) is 17.8. The molecule has 8 heteroatoms. The number of nitrogens with zero attached hydrogens (tertiary/aromatic N) is 3. The Labute approximate surface area is 176 Å². The van der Waals surface area contributed by atoms with Gasteiger partial charge in [0.1, 0.15) is 11.6 Å². The maximum absolute atomic E-state index is 13.1. The number of hydrogen-bond acceptors (Lipinski definition) is 5.